The molecule has 1 atom stereocenters. The maximum Gasteiger partial charge on any atom is 0.227 e. The Hall–Kier alpha value is -2.64. The lowest BCUT2D eigenvalue weighted by molar-refractivity contribution is 0.0571. The molecule has 1 unspecified atom stereocenters. The van der Waals surface area contributed by atoms with E-state index >= 15 is 0 Å². The fourth-order valence-electron chi connectivity index (χ4n) is 3.53. The monoisotopic (exact) mass is 390 g/mol. The summed E-state index contributed by atoms with van der Waals surface area (Å²) in [6.07, 6.45) is 7.34. The molecule has 0 N–H and O–H groups in total. The van der Waals surface area contributed by atoms with Crippen molar-refractivity contribution in [3.05, 3.63) is 53.1 Å². The lowest BCUT2D eigenvalue weighted by atomic mass is 10.1. The van der Waals surface area contributed by atoms with Crippen LogP contribution in [-0.4, -0.2) is 17.7 Å². The summed E-state index contributed by atoms with van der Waals surface area (Å²) >= 11 is 0. The molecule has 0 fully saturated rings. The largest absolute Gasteiger partial charge is 0.436 e. The molecule has 0 aliphatic heterocycles. The van der Waals surface area contributed by atoms with E-state index in [0.717, 1.165) is 48.1 Å². The summed E-state index contributed by atoms with van der Waals surface area (Å²) in [6.45, 7) is 7.15. The lowest BCUT2D eigenvalue weighted by Gasteiger charge is -2.12. The Kier molecular flexibility index (Phi) is 7.43. The van der Waals surface area contributed by atoms with Gasteiger partial charge in [-0.1, -0.05) is 38.3 Å². The third-order valence-corrected chi connectivity index (χ3v) is 5.23. The van der Waals surface area contributed by atoms with Crippen LogP contribution in [-0.2, 0) is 11.2 Å². The molecule has 0 saturated heterocycles. The molecule has 0 radical (unpaired) electrons. The van der Waals surface area contributed by atoms with E-state index in [2.05, 4.69) is 49.2 Å². The third-order valence-electron chi connectivity index (χ3n) is 5.23. The van der Waals surface area contributed by atoms with Crippen molar-refractivity contribution in [2.24, 2.45) is 0 Å². The number of benzene rings is 2. The quantitative estimate of drug-likeness (QED) is 0.366. The molecule has 1 heterocycles. The molecule has 3 aromatic rings. The van der Waals surface area contributed by atoms with Gasteiger partial charge < -0.3 is 9.15 Å². The van der Waals surface area contributed by atoms with Crippen molar-refractivity contribution in [3.8, 4) is 17.5 Å². The zero-order valence-electron chi connectivity index (χ0n) is 17.7. The first-order chi connectivity index (χ1) is 14.1. The highest BCUT2D eigenvalue weighted by Crippen LogP contribution is 2.27. The van der Waals surface area contributed by atoms with E-state index < -0.39 is 0 Å². The van der Waals surface area contributed by atoms with Gasteiger partial charge in [-0.3, -0.25) is 0 Å². The number of oxazole rings is 1. The first-order valence-corrected chi connectivity index (χ1v) is 10.6. The van der Waals surface area contributed by atoms with Crippen LogP contribution in [0, 0.1) is 18.3 Å². The van der Waals surface area contributed by atoms with Gasteiger partial charge in [-0.05, 0) is 68.5 Å². The van der Waals surface area contributed by atoms with Crippen molar-refractivity contribution in [2.45, 2.75) is 65.4 Å². The highest BCUT2D eigenvalue weighted by molar-refractivity contribution is 5.80. The minimum Gasteiger partial charge on any atom is -0.436 e. The van der Waals surface area contributed by atoms with E-state index in [9.17, 15) is 0 Å². The van der Waals surface area contributed by atoms with Gasteiger partial charge in [-0.25, -0.2) is 4.98 Å². The van der Waals surface area contributed by atoms with Crippen molar-refractivity contribution in [3.63, 3.8) is 0 Å². The molecule has 0 aliphatic carbocycles. The topological polar surface area (TPSA) is 59.0 Å². The molecule has 4 nitrogen and oxygen atoms in total. The van der Waals surface area contributed by atoms with Crippen LogP contribution < -0.4 is 0 Å². The SMILES string of the molecule is CCCCCC(C)OCCCc1ccc(-c2nc3cc(C#N)cc(C)c3o2)cc1. The van der Waals surface area contributed by atoms with Crippen LogP contribution in [0.15, 0.2) is 40.8 Å². The Balaban J connectivity index is 1.55. The number of hydrogen-bond donors (Lipinski definition) is 0. The molecule has 3 rings (SSSR count). The van der Waals surface area contributed by atoms with Crippen LogP contribution in [0.25, 0.3) is 22.6 Å². The van der Waals surface area contributed by atoms with Gasteiger partial charge in [0.05, 0.1) is 17.7 Å². The predicted octanol–water partition coefficient (Wildman–Crippen LogP) is 6.59. The summed E-state index contributed by atoms with van der Waals surface area (Å²) in [7, 11) is 0. The second kappa shape index (κ2) is 10.2. The van der Waals surface area contributed by atoms with E-state index in [-0.39, 0.29) is 0 Å². The Morgan fingerprint density at radius 1 is 1.14 bits per heavy atom. The Bertz CT molecular complexity index is 967. The van der Waals surface area contributed by atoms with Gasteiger partial charge in [0, 0.05) is 12.2 Å². The summed E-state index contributed by atoms with van der Waals surface area (Å²) < 4.78 is 11.9. The van der Waals surface area contributed by atoms with Gasteiger partial charge in [0.25, 0.3) is 0 Å². The zero-order valence-corrected chi connectivity index (χ0v) is 17.7. The van der Waals surface area contributed by atoms with Gasteiger partial charge in [0.1, 0.15) is 5.52 Å². The molecular formula is C25H30N2O2. The summed E-state index contributed by atoms with van der Waals surface area (Å²) in [5, 5.41) is 9.13. The Morgan fingerprint density at radius 2 is 1.93 bits per heavy atom. The van der Waals surface area contributed by atoms with Crippen molar-refractivity contribution in [1.29, 1.82) is 5.26 Å². The number of rotatable bonds is 10. The van der Waals surface area contributed by atoms with E-state index in [1.165, 1.54) is 24.8 Å². The average Bonchev–Trinajstić information content (AvgIpc) is 3.16. The number of aryl methyl sites for hydroxylation is 2. The van der Waals surface area contributed by atoms with E-state index in [0.29, 0.717) is 17.6 Å². The molecule has 0 amide bonds. The molecule has 0 spiro atoms. The van der Waals surface area contributed by atoms with Gasteiger partial charge in [-0.2, -0.15) is 5.26 Å². The minimum absolute atomic E-state index is 0.355. The molecule has 4 heteroatoms. The highest BCUT2D eigenvalue weighted by atomic mass is 16.5. The number of aromatic nitrogens is 1. The average molecular weight is 391 g/mol. The van der Waals surface area contributed by atoms with Crippen LogP contribution in [0.2, 0.25) is 0 Å². The number of hydrogen-bond acceptors (Lipinski definition) is 4. The lowest BCUT2D eigenvalue weighted by Crippen LogP contribution is -2.09. The fourth-order valence-corrected chi connectivity index (χ4v) is 3.53. The predicted molar refractivity (Wildman–Crippen MR) is 117 cm³/mol. The molecular weight excluding hydrogens is 360 g/mol. The fraction of sp³-hybridized carbons (Fsp3) is 0.440. The maximum absolute atomic E-state index is 9.13. The van der Waals surface area contributed by atoms with E-state index in [1.54, 1.807) is 6.07 Å². The van der Waals surface area contributed by atoms with E-state index in [1.807, 2.05) is 13.0 Å². The van der Waals surface area contributed by atoms with E-state index in [4.69, 9.17) is 14.4 Å². The number of ether oxygens (including phenoxy) is 1. The molecule has 0 saturated carbocycles. The number of nitrogens with zero attached hydrogens (tertiary/aromatic N) is 2. The van der Waals surface area contributed by atoms with Crippen LogP contribution in [0.1, 0.15) is 62.6 Å². The van der Waals surface area contributed by atoms with Gasteiger partial charge in [0.15, 0.2) is 5.58 Å². The van der Waals surface area contributed by atoms with Gasteiger partial charge in [-0.15, -0.1) is 0 Å². The van der Waals surface area contributed by atoms with Crippen LogP contribution in [0.5, 0.6) is 0 Å². The summed E-state index contributed by atoms with van der Waals surface area (Å²) in [5.74, 6) is 0.592. The second-order valence-electron chi connectivity index (χ2n) is 7.75. The van der Waals surface area contributed by atoms with Gasteiger partial charge in [0.2, 0.25) is 5.89 Å². The normalized spacial score (nSPS) is 12.2. The number of fused-ring (bicyclic) bond motifs is 1. The van der Waals surface area contributed by atoms with Crippen molar-refractivity contribution in [1.82, 2.24) is 4.98 Å². The molecule has 152 valence electrons. The van der Waals surface area contributed by atoms with Crippen molar-refractivity contribution < 1.29 is 9.15 Å². The van der Waals surface area contributed by atoms with Crippen molar-refractivity contribution >= 4 is 11.1 Å². The van der Waals surface area contributed by atoms with Gasteiger partial charge >= 0.3 is 0 Å². The summed E-state index contributed by atoms with van der Waals surface area (Å²) in [5.41, 5.74) is 5.24. The standard InChI is InChI=1S/C25H30N2O2/c1-4-5-6-8-19(3)28-14-7-9-20-10-12-22(13-11-20)25-27-23-16-21(17-26)15-18(2)24(23)29-25/h10-13,15-16,19H,4-9,14H2,1-3H3. The summed E-state index contributed by atoms with van der Waals surface area (Å²) in [4.78, 5) is 4.57. The smallest absolute Gasteiger partial charge is 0.227 e. The van der Waals surface area contributed by atoms with Crippen LogP contribution >= 0.6 is 0 Å². The Morgan fingerprint density at radius 3 is 2.66 bits per heavy atom. The molecule has 1 aromatic heterocycles. The van der Waals surface area contributed by atoms with Crippen molar-refractivity contribution in [2.75, 3.05) is 6.61 Å². The molecule has 0 aliphatic rings. The molecule has 29 heavy (non-hydrogen) atoms. The molecule has 0 bridgehead atoms. The number of nitriles is 1. The second-order valence-corrected chi connectivity index (χ2v) is 7.75. The first kappa shape index (κ1) is 21.1. The first-order valence-electron chi connectivity index (χ1n) is 10.6. The van der Waals surface area contributed by atoms with Crippen LogP contribution in [0.3, 0.4) is 0 Å². The maximum atomic E-state index is 9.13. The zero-order chi connectivity index (χ0) is 20.6. The Labute approximate surface area is 173 Å². The van der Waals surface area contributed by atoms with Crippen LogP contribution in [0.4, 0.5) is 0 Å². The molecule has 2 aromatic carbocycles. The highest BCUT2D eigenvalue weighted by Gasteiger charge is 2.11. The summed E-state index contributed by atoms with van der Waals surface area (Å²) in [6, 6.07) is 14.1. The third kappa shape index (κ3) is 5.68. The number of unbranched alkanes of at least 4 members (excludes halogenated alkanes) is 2. The minimum atomic E-state index is 0.355.